The summed E-state index contributed by atoms with van der Waals surface area (Å²) in [5.41, 5.74) is 0.914. The monoisotopic (exact) mass is 240 g/mol. The maximum absolute atomic E-state index is 13.3. The lowest BCUT2D eigenvalue weighted by Crippen LogP contribution is -2.06. The number of tetrazole rings is 1. The lowest BCUT2D eigenvalue weighted by Gasteiger charge is -2.06. The van der Waals surface area contributed by atoms with Crippen LogP contribution in [0.5, 0.6) is 0 Å². The molecule has 84 valence electrons. The molecule has 0 saturated heterocycles. The molecule has 0 bridgehead atoms. The van der Waals surface area contributed by atoms with Crippen molar-refractivity contribution < 1.29 is 8.60 Å². The first-order valence-corrected chi connectivity index (χ1v) is 6.04. The fourth-order valence-electron chi connectivity index (χ4n) is 1.33. The van der Waals surface area contributed by atoms with Crippen LogP contribution in [0, 0.1) is 12.7 Å². The Bertz CT molecular complexity index is 554. The standard InChI is InChI=1S/C9H9FN4OS/c1-6-7(10)4-3-5-8(6)14-9(16(2)15)11-12-13-14/h3-5H,1-2H3. The molecule has 7 heteroatoms. The summed E-state index contributed by atoms with van der Waals surface area (Å²) in [6, 6.07) is 4.58. The third-order valence-corrected chi connectivity index (χ3v) is 2.93. The van der Waals surface area contributed by atoms with E-state index in [1.165, 1.54) is 17.0 Å². The summed E-state index contributed by atoms with van der Waals surface area (Å²) in [4.78, 5) is 0. The summed E-state index contributed by atoms with van der Waals surface area (Å²) in [6.45, 7) is 1.62. The summed E-state index contributed by atoms with van der Waals surface area (Å²) in [5.74, 6) is -0.346. The molecule has 1 aromatic carbocycles. The molecule has 0 aliphatic rings. The molecule has 0 amide bonds. The van der Waals surface area contributed by atoms with E-state index in [4.69, 9.17) is 0 Å². The lowest BCUT2D eigenvalue weighted by atomic mass is 10.2. The largest absolute Gasteiger partial charge is 0.251 e. The highest BCUT2D eigenvalue weighted by atomic mass is 32.2. The van der Waals surface area contributed by atoms with Crippen LogP contribution in [0.1, 0.15) is 5.56 Å². The average Bonchev–Trinajstić information content (AvgIpc) is 2.70. The first kappa shape index (κ1) is 10.9. The van der Waals surface area contributed by atoms with Crippen molar-refractivity contribution in [3.8, 4) is 5.69 Å². The zero-order valence-corrected chi connectivity index (χ0v) is 9.53. The van der Waals surface area contributed by atoms with E-state index in [1.54, 1.807) is 19.1 Å². The Balaban J connectivity index is 2.63. The van der Waals surface area contributed by atoms with E-state index >= 15 is 0 Å². The van der Waals surface area contributed by atoms with Gasteiger partial charge in [0, 0.05) is 11.8 Å². The van der Waals surface area contributed by atoms with E-state index in [9.17, 15) is 8.60 Å². The number of hydrogen-bond acceptors (Lipinski definition) is 4. The van der Waals surface area contributed by atoms with Crippen molar-refractivity contribution in [2.75, 3.05) is 6.26 Å². The van der Waals surface area contributed by atoms with E-state index in [-0.39, 0.29) is 11.0 Å². The average molecular weight is 240 g/mol. The van der Waals surface area contributed by atoms with Gasteiger partial charge in [-0.1, -0.05) is 11.2 Å². The molecular weight excluding hydrogens is 231 g/mol. The molecule has 0 fully saturated rings. The van der Waals surface area contributed by atoms with Gasteiger partial charge in [0.05, 0.1) is 16.5 Å². The minimum atomic E-state index is -1.32. The zero-order chi connectivity index (χ0) is 11.7. The van der Waals surface area contributed by atoms with Gasteiger partial charge in [-0.15, -0.1) is 0 Å². The van der Waals surface area contributed by atoms with Crippen LogP contribution in [0.3, 0.4) is 0 Å². The predicted molar refractivity (Wildman–Crippen MR) is 56.2 cm³/mol. The molecule has 0 N–H and O–H groups in total. The molecule has 0 spiro atoms. The zero-order valence-electron chi connectivity index (χ0n) is 8.72. The fraction of sp³-hybridized carbons (Fsp3) is 0.222. The van der Waals surface area contributed by atoms with Crippen molar-refractivity contribution in [2.45, 2.75) is 12.1 Å². The molecular formula is C9H9FN4OS. The van der Waals surface area contributed by atoms with Crippen molar-refractivity contribution in [2.24, 2.45) is 0 Å². The molecule has 1 heterocycles. The first-order chi connectivity index (χ1) is 7.61. The summed E-state index contributed by atoms with van der Waals surface area (Å²) < 4.78 is 26.0. The molecule has 1 unspecified atom stereocenters. The molecule has 2 aromatic rings. The number of rotatable bonds is 2. The third-order valence-electron chi connectivity index (χ3n) is 2.17. The van der Waals surface area contributed by atoms with E-state index in [0.717, 1.165) is 0 Å². The van der Waals surface area contributed by atoms with Gasteiger partial charge < -0.3 is 0 Å². The Kier molecular flexibility index (Phi) is 2.78. The second-order valence-electron chi connectivity index (χ2n) is 3.21. The Morgan fingerprint density at radius 2 is 2.19 bits per heavy atom. The van der Waals surface area contributed by atoms with Gasteiger partial charge in [-0.2, -0.15) is 4.68 Å². The van der Waals surface area contributed by atoms with Crippen LogP contribution >= 0.6 is 0 Å². The molecule has 2 rings (SSSR count). The van der Waals surface area contributed by atoms with Crippen LogP contribution in [0.4, 0.5) is 4.39 Å². The number of nitrogens with zero attached hydrogens (tertiary/aromatic N) is 4. The minimum Gasteiger partial charge on any atom is -0.251 e. The van der Waals surface area contributed by atoms with Gasteiger partial charge >= 0.3 is 0 Å². The molecule has 1 atom stereocenters. The van der Waals surface area contributed by atoms with Crippen molar-refractivity contribution in [1.82, 2.24) is 20.2 Å². The maximum Gasteiger partial charge on any atom is 0.244 e. The Morgan fingerprint density at radius 3 is 2.88 bits per heavy atom. The summed E-state index contributed by atoms with van der Waals surface area (Å²) in [5, 5.41) is 11.0. The second kappa shape index (κ2) is 4.09. The van der Waals surface area contributed by atoms with Gasteiger partial charge in [-0.05, 0) is 29.5 Å². The van der Waals surface area contributed by atoms with Gasteiger partial charge in [0.15, 0.2) is 0 Å². The van der Waals surface area contributed by atoms with Gasteiger partial charge in [-0.3, -0.25) is 4.21 Å². The van der Waals surface area contributed by atoms with Crippen molar-refractivity contribution >= 4 is 10.8 Å². The third kappa shape index (κ3) is 1.73. The van der Waals surface area contributed by atoms with Crippen LogP contribution in [-0.2, 0) is 10.8 Å². The molecule has 16 heavy (non-hydrogen) atoms. The summed E-state index contributed by atoms with van der Waals surface area (Å²) >= 11 is 0. The quantitative estimate of drug-likeness (QED) is 0.780. The van der Waals surface area contributed by atoms with Crippen molar-refractivity contribution in [3.05, 3.63) is 29.6 Å². The number of hydrogen-bond donors (Lipinski definition) is 0. The molecule has 0 saturated carbocycles. The normalized spacial score (nSPS) is 12.7. The Labute approximate surface area is 93.7 Å². The van der Waals surface area contributed by atoms with E-state index in [1.807, 2.05) is 0 Å². The predicted octanol–water partition coefficient (Wildman–Crippen LogP) is 0.847. The SMILES string of the molecule is Cc1c(F)cccc1-n1nnnc1S(C)=O. The van der Waals surface area contributed by atoms with Gasteiger partial charge in [0.1, 0.15) is 5.82 Å². The maximum atomic E-state index is 13.3. The number of halogens is 1. The second-order valence-corrected chi connectivity index (χ2v) is 4.48. The highest BCUT2D eigenvalue weighted by molar-refractivity contribution is 7.84. The number of aromatic nitrogens is 4. The molecule has 0 radical (unpaired) electrons. The van der Waals surface area contributed by atoms with Crippen molar-refractivity contribution in [1.29, 1.82) is 0 Å². The van der Waals surface area contributed by atoms with Gasteiger partial charge in [0.2, 0.25) is 5.16 Å². The molecule has 1 aromatic heterocycles. The minimum absolute atomic E-state index is 0.203. The smallest absolute Gasteiger partial charge is 0.244 e. The van der Waals surface area contributed by atoms with Crippen LogP contribution in [0.2, 0.25) is 0 Å². The highest BCUT2D eigenvalue weighted by Gasteiger charge is 2.14. The molecule has 0 aliphatic heterocycles. The fourth-order valence-corrected chi connectivity index (χ4v) is 1.86. The van der Waals surface area contributed by atoms with Crippen LogP contribution in [-0.4, -0.2) is 30.7 Å². The van der Waals surface area contributed by atoms with E-state index in [2.05, 4.69) is 15.5 Å². The van der Waals surface area contributed by atoms with Crippen LogP contribution in [0.25, 0.3) is 5.69 Å². The van der Waals surface area contributed by atoms with Crippen molar-refractivity contribution in [3.63, 3.8) is 0 Å². The van der Waals surface area contributed by atoms with Gasteiger partial charge in [-0.25, -0.2) is 4.39 Å². The van der Waals surface area contributed by atoms with E-state index in [0.29, 0.717) is 11.3 Å². The Hall–Kier alpha value is -1.63. The number of benzene rings is 1. The molecule has 5 nitrogen and oxygen atoms in total. The van der Waals surface area contributed by atoms with Crippen LogP contribution < -0.4 is 0 Å². The molecule has 0 aliphatic carbocycles. The van der Waals surface area contributed by atoms with Gasteiger partial charge in [0.25, 0.3) is 0 Å². The first-order valence-electron chi connectivity index (χ1n) is 4.48. The Morgan fingerprint density at radius 1 is 1.44 bits per heavy atom. The van der Waals surface area contributed by atoms with Crippen LogP contribution in [0.15, 0.2) is 23.4 Å². The topological polar surface area (TPSA) is 60.7 Å². The highest BCUT2D eigenvalue weighted by Crippen LogP contribution is 2.17. The van der Waals surface area contributed by atoms with E-state index < -0.39 is 10.8 Å². The lowest BCUT2D eigenvalue weighted by molar-refractivity contribution is 0.611. The summed E-state index contributed by atoms with van der Waals surface area (Å²) in [7, 11) is -1.32. The summed E-state index contributed by atoms with van der Waals surface area (Å²) in [6.07, 6.45) is 1.47.